The zero-order valence-electron chi connectivity index (χ0n) is 16.0. The Kier molecular flexibility index (Phi) is 17.5. The van der Waals surface area contributed by atoms with Crippen LogP contribution in [-0.2, 0) is 4.79 Å². The molecule has 0 aromatic heterocycles. The third kappa shape index (κ3) is 16.6. The second-order valence-electron chi connectivity index (χ2n) is 5.99. The van der Waals surface area contributed by atoms with E-state index in [1.54, 1.807) is 6.08 Å². The Morgan fingerprint density at radius 3 is 1.92 bits per heavy atom. The number of allylic oxidation sites excluding steroid dienone is 9. The van der Waals surface area contributed by atoms with Crippen molar-refractivity contribution < 1.29 is 9.72 Å². The first-order chi connectivity index (χ1) is 12.7. The second kappa shape index (κ2) is 19.1. The fourth-order valence-electron chi connectivity index (χ4n) is 2.20. The van der Waals surface area contributed by atoms with Crippen molar-refractivity contribution in [1.29, 1.82) is 0 Å². The molecule has 4 nitrogen and oxygen atoms in total. The van der Waals surface area contributed by atoms with Crippen LogP contribution in [0.15, 0.2) is 60.4 Å². The maximum Gasteiger partial charge on any atom is 0.246 e. The van der Waals surface area contributed by atoms with Crippen LogP contribution in [0.2, 0.25) is 0 Å². The predicted molar refractivity (Wildman–Crippen MR) is 110 cm³/mol. The van der Waals surface area contributed by atoms with Gasteiger partial charge >= 0.3 is 0 Å². The first-order valence-electron chi connectivity index (χ1n) is 9.59. The lowest BCUT2D eigenvalue weighted by molar-refractivity contribution is -0.427. The van der Waals surface area contributed by atoms with Crippen LogP contribution in [0.1, 0.15) is 71.1 Å². The first-order valence-corrected chi connectivity index (χ1v) is 9.59. The van der Waals surface area contributed by atoms with E-state index in [2.05, 4.69) is 43.4 Å². The summed E-state index contributed by atoms with van der Waals surface area (Å²) in [6, 6.07) is 0. The molecule has 0 rings (SSSR count). The van der Waals surface area contributed by atoms with Gasteiger partial charge in [-0.1, -0.05) is 68.4 Å². The highest BCUT2D eigenvalue weighted by Crippen LogP contribution is 2.06. The fraction of sp³-hybridized carbons (Fsp3) is 0.500. The largest absolute Gasteiger partial charge is 0.303 e. The molecule has 0 heterocycles. The normalized spacial score (nSPS) is 12.9. The van der Waals surface area contributed by atoms with Gasteiger partial charge in [0.15, 0.2) is 0 Å². The number of nitrogens with zero attached hydrogens (tertiary/aromatic N) is 1. The van der Waals surface area contributed by atoms with Crippen LogP contribution in [-0.4, -0.2) is 11.2 Å². The molecule has 144 valence electrons. The molecule has 0 spiro atoms. The molecule has 0 aliphatic carbocycles. The summed E-state index contributed by atoms with van der Waals surface area (Å²) in [5.41, 5.74) is 0.151. The lowest BCUT2D eigenvalue weighted by Gasteiger charge is -1.93. The molecule has 0 aliphatic rings. The van der Waals surface area contributed by atoms with Crippen molar-refractivity contribution in [3.63, 3.8) is 0 Å². The lowest BCUT2D eigenvalue weighted by atomic mass is 10.2. The van der Waals surface area contributed by atoms with Gasteiger partial charge in [-0.25, -0.2) is 0 Å². The average Bonchev–Trinajstić information content (AvgIpc) is 2.63. The molecule has 0 fully saturated rings. The quantitative estimate of drug-likeness (QED) is 0.104. The Morgan fingerprint density at radius 2 is 1.38 bits per heavy atom. The summed E-state index contributed by atoms with van der Waals surface area (Å²) < 4.78 is 0. The van der Waals surface area contributed by atoms with Gasteiger partial charge in [-0.15, -0.1) is 0 Å². The van der Waals surface area contributed by atoms with E-state index in [4.69, 9.17) is 0 Å². The van der Waals surface area contributed by atoms with E-state index in [-0.39, 0.29) is 10.6 Å². The van der Waals surface area contributed by atoms with Crippen molar-refractivity contribution in [3.05, 3.63) is 70.5 Å². The minimum atomic E-state index is -0.381. The highest BCUT2D eigenvalue weighted by Gasteiger charge is 2.06. The molecule has 0 aromatic rings. The maximum absolute atomic E-state index is 10.9. The van der Waals surface area contributed by atoms with Gasteiger partial charge in [-0.3, -0.25) is 10.1 Å². The van der Waals surface area contributed by atoms with E-state index in [1.165, 1.54) is 31.8 Å². The van der Waals surface area contributed by atoms with Crippen molar-refractivity contribution in [2.45, 2.75) is 71.1 Å². The van der Waals surface area contributed by atoms with Gasteiger partial charge in [-0.05, 0) is 44.6 Å². The Hall–Kier alpha value is -2.23. The van der Waals surface area contributed by atoms with E-state index >= 15 is 0 Å². The van der Waals surface area contributed by atoms with E-state index in [9.17, 15) is 14.9 Å². The maximum atomic E-state index is 10.9. The molecule has 0 radical (unpaired) electrons. The Bertz CT molecular complexity index is 513. The zero-order valence-corrected chi connectivity index (χ0v) is 16.0. The van der Waals surface area contributed by atoms with Gasteiger partial charge < -0.3 is 4.79 Å². The number of hydrogen-bond acceptors (Lipinski definition) is 3. The number of unbranched alkanes of at least 4 members (excludes halogenated alkanes) is 4. The monoisotopic (exact) mass is 359 g/mol. The standard InChI is InChI=1S/C22H33NO3/c1-2-3-4-5-6-7-8-9-10-11-12-13-14-15-16-19-22(23(25)26)20-17-18-21-24/h6-7,9-10,12-13,15-16,20-21H,2-5,8,11,14,17-19H2,1H3/b7-6+,10-9+,13-12+,16-15+,22-20-. The molecule has 0 amide bonds. The Labute approximate surface area is 158 Å². The molecule has 0 aliphatic heterocycles. The van der Waals surface area contributed by atoms with Crippen LogP contribution in [0.3, 0.4) is 0 Å². The van der Waals surface area contributed by atoms with Gasteiger partial charge in [0.1, 0.15) is 6.29 Å². The third-order valence-corrected chi connectivity index (χ3v) is 3.68. The van der Waals surface area contributed by atoms with Crippen LogP contribution >= 0.6 is 0 Å². The van der Waals surface area contributed by atoms with E-state index in [0.717, 1.165) is 25.5 Å². The van der Waals surface area contributed by atoms with Crippen molar-refractivity contribution >= 4 is 6.29 Å². The minimum absolute atomic E-state index is 0.151. The lowest BCUT2D eigenvalue weighted by Crippen LogP contribution is -1.97. The average molecular weight is 360 g/mol. The molecule has 0 aromatic carbocycles. The van der Waals surface area contributed by atoms with Crippen LogP contribution in [0.25, 0.3) is 0 Å². The van der Waals surface area contributed by atoms with Crippen molar-refractivity contribution in [2.24, 2.45) is 0 Å². The van der Waals surface area contributed by atoms with E-state index in [1.807, 2.05) is 6.08 Å². The number of carbonyl (C=O) groups is 1. The summed E-state index contributed by atoms with van der Waals surface area (Å²) in [6.07, 6.45) is 27.7. The molecule has 0 saturated carbocycles. The molecule has 0 atom stereocenters. The molecule has 0 saturated heterocycles. The summed E-state index contributed by atoms with van der Waals surface area (Å²) in [5.74, 6) is 0. The van der Waals surface area contributed by atoms with Crippen LogP contribution in [0.5, 0.6) is 0 Å². The Morgan fingerprint density at radius 1 is 0.808 bits per heavy atom. The van der Waals surface area contributed by atoms with Gasteiger partial charge in [0, 0.05) is 6.42 Å². The highest BCUT2D eigenvalue weighted by atomic mass is 16.6. The summed E-state index contributed by atoms with van der Waals surface area (Å²) in [5, 5.41) is 10.9. The molecule has 0 N–H and O–H groups in total. The van der Waals surface area contributed by atoms with Gasteiger partial charge in [0.2, 0.25) is 5.70 Å². The first kappa shape index (κ1) is 23.8. The zero-order chi connectivity index (χ0) is 19.3. The van der Waals surface area contributed by atoms with Crippen LogP contribution in [0.4, 0.5) is 0 Å². The van der Waals surface area contributed by atoms with Crippen molar-refractivity contribution in [3.8, 4) is 0 Å². The van der Waals surface area contributed by atoms with Gasteiger partial charge in [0.05, 0.1) is 11.3 Å². The molecule has 0 unspecified atom stereocenters. The van der Waals surface area contributed by atoms with Crippen LogP contribution < -0.4 is 0 Å². The smallest absolute Gasteiger partial charge is 0.246 e. The summed E-state index contributed by atoms with van der Waals surface area (Å²) in [4.78, 5) is 20.7. The summed E-state index contributed by atoms with van der Waals surface area (Å²) >= 11 is 0. The van der Waals surface area contributed by atoms with Crippen molar-refractivity contribution in [2.75, 3.05) is 0 Å². The number of carbonyl (C=O) groups excluding carboxylic acids is 1. The number of rotatable bonds is 16. The Balaban J connectivity index is 3.83. The molecule has 26 heavy (non-hydrogen) atoms. The molecular weight excluding hydrogens is 326 g/mol. The summed E-state index contributed by atoms with van der Waals surface area (Å²) in [7, 11) is 0. The van der Waals surface area contributed by atoms with Gasteiger partial charge in [-0.2, -0.15) is 0 Å². The summed E-state index contributed by atoms with van der Waals surface area (Å²) in [6.45, 7) is 2.22. The van der Waals surface area contributed by atoms with Gasteiger partial charge in [0.25, 0.3) is 0 Å². The fourth-order valence-corrected chi connectivity index (χ4v) is 2.20. The number of hydrogen-bond donors (Lipinski definition) is 0. The molecule has 4 heteroatoms. The van der Waals surface area contributed by atoms with Crippen molar-refractivity contribution in [1.82, 2.24) is 0 Å². The highest BCUT2D eigenvalue weighted by molar-refractivity contribution is 5.49. The third-order valence-electron chi connectivity index (χ3n) is 3.68. The predicted octanol–water partition coefficient (Wildman–Crippen LogP) is 6.49. The topological polar surface area (TPSA) is 60.2 Å². The minimum Gasteiger partial charge on any atom is -0.303 e. The number of aldehydes is 1. The van der Waals surface area contributed by atoms with E-state index in [0.29, 0.717) is 19.3 Å². The second-order valence-corrected chi connectivity index (χ2v) is 5.99. The van der Waals surface area contributed by atoms with Crippen LogP contribution in [0, 0.1) is 10.1 Å². The number of nitro groups is 1. The SMILES string of the molecule is CCCCC/C=C/C/C=C/C/C=C/C/C=C/C/C(=C/CCC=O)[N+](=O)[O-]. The molecule has 0 bridgehead atoms. The molecular formula is C22H33NO3. The van der Waals surface area contributed by atoms with E-state index < -0.39 is 0 Å².